The Hall–Kier alpha value is -0.300. The van der Waals surface area contributed by atoms with E-state index in [0.717, 1.165) is 6.42 Å². The number of ether oxygens (including phenoxy) is 1. The molecular formula is C10H18O. The number of hydrogen-bond donors (Lipinski definition) is 0. The highest BCUT2D eigenvalue weighted by molar-refractivity contribution is 5.30. The molecule has 1 atom stereocenters. The molecule has 0 spiro atoms. The van der Waals surface area contributed by atoms with E-state index in [4.69, 9.17) is 4.74 Å². The summed E-state index contributed by atoms with van der Waals surface area (Å²) in [5.41, 5.74) is 2.95. The van der Waals surface area contributed by atoms with Gasteiger partial charge < -0.3 is 4.74 Å². The van der Waals surface area contributed by atoms with Gasteiger partial charge in [-0.05, 0) is 40.2 Å². The average Bonchev–Trinajstić information content (AvgIpc) is 2.40. The highest BCUT2D eigenvalue weighted by Crippen LogP contribution is 2.38. The Morgan fingerprint density at radius 1 is 1.36 bits per heavy atom. The van der Waals surface area contributed by atoms with Gasteiger partial charge in [0.2, 0.25) is 0 Å². The zero-order valence-corrected chi connectivity index (χ0v) is 8.19. The van der Waals surface area contributed by atoms with Crippen molar-refractivity contribution >= 4 is 0 Å². The summed E-state index contributed by atoms with van der Waals surface area (Å²) in [4.78, 5) is 0. The van der Waals surface area contributed by atoms with Gasteiger partial charge in [0.25, 0.3) is 0 Å². The molecule has 0 aromatic carbocycles. The van der Waals surface area contributed by atoms with Crippen molar-refractivity contribution in [2.24, 2.45) is 0 Å². The fourth-order valence-electron chi connectivity index (χ4n) is 1.21. The Bertz CT molecular complexity index is 180. The van der Waals surface area contributed by atoms with E-state index < -0.39 is 0 Å². The summed E-state index contributed by atoms with van der Waals surface area (Å²) in [6, 6.07) is 0. The summed E-state index contributed by atoms with van der Waals surface area (Å²) in [5, 5.41) is 0. The third-order valence-corrected chi connectivity index (χ3v) is 1.77. The van der Waals surface area contributed by atoms with E-state index in [1.807, 2.05) is 0 Å². The summed E-state index contributed by atoms with van der Waals surface area (Å²) in [5.74, 6) is 0. The average molecular weight is 154 g/mol. The third-order valence-electron chi connectivity index (χ3n) is 1.77. The van der Waals surface area contributed by atoms with Crippen molar-refractivity contribution in [3.8, 4) is 0 Å². The van der Waals surface area contributed by atoms with E-state index in [-0.39, 0.29) is 5.60 Å². The Balaban J connectivity index is 2.41. The first kappa shape index (κ1) is 8.79. The van der Waals surface area contributed by atoms with Crippen molar-refractivity contribution in [3.63, 3.8) is 0 Å². The largest absolute Gasteiger partial charge is 0.368 e. The zero-order chi connectivity index (χ0) is 8.65. The van der Waals surface area contributed by atoms with Gasteiger partial charge in [0.1, 0.15) is 0 Å². The van der Waals surface area contributed by atoms with Gasteiger partial charge in [0, 0.05) is 6.42 Å². The number of allylic oxidation sites excluding steroid dienone is 1. The molecule has 1 rings (SSSR count). The molecule has 1 unspecified atom stereocenters. The summed E-state index contributed by atoms with van der Waals surface area (Å²) in [6.45, 7) is 10.6. The fraction of sp³-hybridized carbons (Fsp3) is 0.800. The van der Waals surface area contributed by atoms with Crippen molar-refractivity contribution < 1.29 is 4.74 Å². The minimum atomic E-state index is 0.0157. The molecule has 0 aromatic heterocycles. The molecule has 0 aliphatic heterocycles. The van der Waals surface area contributed by atoms with Crippen LogP contribution in [0.2, 0.25) is 0 Å². The second-order valence-electron chi connectivity index (χ2n) is 4.45. The molecule has 0 aromatic rings. The molecule has 1 aliphatic rings. The van der Waals surface area contributed by atoms with Gasteiger partial charge in [-0.3, -0.25) is 0 Å². The minimum absolute atomic E-state index is 0.0157. The van der Waals surface area contributed by atoms with Gasteiger partial charge in [-0.1, -0.05) is 5.57 Å². The molecule has 0 amide bonds. The Morgan fingerprint density at radius 2 is 1.91 bits per heavy atom. The minimum Gasteiger partial charge on any atom is -0.368 e. The first-order valence-electron chi connectivity index (χ1n) is 4.24. The lowest BCUT2D eigenvalue weighted by Gasteiger charge is -2.18. The SMILES string of the molecule is CC(C)=C1CC1OC(C)(C)C. The highest BCUT2D eigenvalue weighted by atomic mass is 16.5. The van der Waals surface area contributed by atoms with Crippen molar-refractivity contribution in [3.05, 3.63) is 11.1 Å². The van der Waals surface area contributed by atoms with Crippen LogP contribution in [0.4, 0.5) is 0 Å². The predicted molar refractivity (Wildman–Crippen MR) is 47.6 cm³/mol. The smallest absolute Gasteiger partial charge is 0.0833 e. The van der Waals surface area contributed by atoms with E-state index in [9.17, 15) is 0 Å². The third kappa shape index (κ3) is 2.66. The fourth-order valence-corrected chi connectivity index (χ4v) is 1.21. The van der Waals surface area contributed by atoms with Crippen molar-refractivity contribution in [1.29, 1.82) is 0 Å². The molecule has 0 radical (unpaired) electrons. The molecule has 64 valence electrons. The topological polar surface area (TPSA) is 9.23 Å². The van der Waals surface area contributed by atoms with E-state index in [1.54, 1.807) is 0 Å². The molecule has 1 aliphatic carbocycles. The molecular weight excluding hydrogens is 136 g/mol. The van der Waals surface area contributed by atoms with Crippen LogP contribution >= 0.6 is 0 Å². The lowest BCUT2D eigenvalue weighted by atomic mass is 10.2. The molecule has 1 nitrogen and oxygen atoms in total. The second kappa shape index (κ2) is 2.63. The van der Waals surface area contributed by atoms with Crippen LogP contribution in [0, 0.1) is 0 Å². The normalized spacial score (nSPS) is 23.7. The number of hydrogen-bond acceptors (Lipinski definition) is 1. The monoisotopic (exact) mass is 154 g/mol. The molecule has 1 heteroatoms. The van der Waals surface area contributed by atoms with Gasteiger partial charge in [-0.2, -0.15) is 0 Å². The van der Waals surface area contributed by atoms with E-state index in [1.165, 1.54) is 11.1 Å². The van der Waals surface area contributed by atoms with Crippen LogP contribution in [0.5, 0.6) is 0 Å². The lowest BCUT2D eigenvalue weighted by molar-refractivity contribution is -0.00971. The van der Waals surface area contributed by atoms with E-state index in [0.29, 0.717) is 6.10 Å². The summed E-state index contributed by atoms with van der Waals surface area (Å²) in [6.07, 6.45) is 1.58. The first-order chi connectivity index (χ1) is 4.90. The van der Waals surface area contributed by atoms with Crippen LogP contribution < -0.4 is 0 Å². The van der Waals surface area contributed by atoms with Gasteiger partial charge in [-0.25, -0.2) is 0 Å². The molecule has 0 bridgehead atoms. The molecule has 11 heavy (non-hydrogen) atoms. The Morgan fingerprint density at radius 3 is 2.18 bits per heavy atom. The van der Waals surface area contributed by atoms with Crippen LogP contribution in [0.25, 0.3) is 0 Å². The second-order valence-corrected chi connectivity index (χ2v) is 4.45. The lowest BCUT2D eigenvalue weighted by Crippen LogP contribution is -2.20. The number of rotatable bonds is 1. The van der Waals surface area contributed by atoms with Crippen molar-refractivity contribution in [2.45, 2.75) is 52.7 Å². The highest BCUT2D eigenvalue weighted by Gasteiger charge is 2.34. The van der Waals surface area contributed by atoms with Gasteiger partial charge >= 0.3 is 0 Å². The Labute approximate surface area is 69.4 Å². The van der Waals surface area contributed by atoms with Gasteiger partial charge in [-0.15, -0.1) is 0 Å². The molecule has 1 saturated carbocycles. The van der Waals surface area contributed by atoms with Crippen LogP contribution in [0.1, 0.15) is 41.0 Å². The van der Waals surface area contributed by atoms with Crippen LogP contribution in [0.3, 0.4) is 0 Å². The van der Waals surface area contributed by atoms with E-state index >= 15 is 0 Å². The maximum Gasteiger partial charge on any atom is 0.0833 e. The maximum absolute atomic E-state index is 5.76. The molecule has 0 N–H and O–H groups in total. The van der Waals surface area contributed by atoms with Crippen LogP contribution in [0.15, 0.2) is 11.1 Å². The molecule has 0 saturated heterocycles. The maximum atomic E-state index is 5.76. The van der Waals surface area contributed by atoms with Gasteiger partial charge in [0.05, 0.1) is 11.7 Å². The van der Waals surface area contributed by atoms with Crippen molar-refractivity contribution in [2.75, 3.05) is 0 Å². The zero-order valence-electron chi connectivity index (χ0n) is 8.19. The molecule has 0 heterocycles. The summed E-state index contributed by atoms with van der Waals surface area (Å²) in [7, 11) is 0. The van der Waals surface area contributed by atoms with Gasteiger partial charge in [0.15, 0.2) is 0 Å². The van der Waals surface area contributed by atoms with Crippen LogP contribution in [-0.4, -0.2) is 11.7 Å². The standard InChI is InChI=1S/C10H18O/c1-7(2)8-6-9(8)11-10(3,4)5/h9H,6H2,1-5H3. The quantitative estimate of drug-likeness (QED) is 0.528. The Kier molecular flexibility index (Phi) is 2.10. The first-order valence-corrected chi connectivity index (χ1v) is 4.24. The van der Waals surface area contributed by atoms with E-state index in [2.05, 4.69) is 34.6 Å². The summed E-state index contributed by atoms with van der Waals surface area (Å²) < 4.78 is 5.76. The summed E-state index contributed by atoms with van der Waals surface area (Å²) >= 11 is 0. The predicted octanol–water partition coefficient (Wildman–Crippen LogP) is 2.91. The van der Waals surface area contributed by atoms with Crippen LogP contribution in [-0.2, 0) is 4.74 Å². The van der Waals surface area contributed by atoms with Crippen molar-refractivity contribution in [1.82, 2.24) is 0 Å². The molecule has 1 fully saturated rings.